The molecule has 0 spiro atoms. The zero-order chi connectivity index (χ0) is 25.3. The van der Waals surface area contributed by atoms with Gasteiger partial charge in [0.2, 0.25) is 0 Å². The molecule has 0 unspecified atom stereocenters. The Kier molecular flexibility index (Phi) is 6.37. The van der Waals surface area contributed by atoms with Crippen LogP contribution in [0.25, 0.3) is 11.3 Å². The lowest BCUT2D eigenvalue weighted by molar-refractivity contribution is -0.115. The number of allylic oxidation sites excluding steroid dienone is 1. The van der Waals surface area contributed by atoms with Crippen molar-refractivity contribution in [3.63, 3.8) is 0 Å². The predicted molar refractivity (Wildman–Crippen MR) is 132 cm³/mol. The van der Waals surface area contributed by atoms with E-state index in [1.54, 1.807) is 36.5 Å². The van der Waals surface area contributed by atoms with Crippen molar-refractivity contribution in [2.24, 2.45) is 5.73 Å². The van der Waals surface area contributed by atoms with Gasteiger partial charge < -0.3 is 21.8 Å². The number of imidazole rings is 1. The van der Waals surface area contributed by atoms with Gasteiger partial charge in [0.05, 0.1) is 11.7 Å². The number of hydrogen-bond acceptors (Lipinski definition) is 7. The number of benzene rings is 1. The van der Waals surface area contributed by atoms with E-state index >= 15 is 0 Å². The predicted octanol–water partition coefficient (Wildman–Crippen LogP) is 2.56. The van der Waals surface area contributed by atoms with Crippen molar-refractivity contribution >= 4 is 23.4 Å². The molecule has 1 aliphatic rings. The largest absolute Gasteiger partial charge is 0.364 e. The number of primary amides is 1. The van der Waals surface area contributed by atoms with Crippen LogP contribution in [0, 0.1) is 6.92 Å². The first-order valence-corrected chi connectivity index (χ1v) is 11.2. The lowest BCUT2D eigenvalue weighted by Gasteiger charge is -2.26. The Morgan fingerprint density at radius 1 is 1.17 bits per heavy atom. The van der Waals surface area contributed by atoms with Crippen molar-refractivity contribution in [1.82, 2.24) is 19.5 Å². The number of anilines is 1. The van der Waals surface area contributed by atoms with Crippen LogP contribution < -0.4 is 16.9 Å². The van der Waals surface area contributed by atoms with E-state index in [-0.39, 0.29) is 23.4 Å². The van der Waals surface area contributed by atoms with E-state index < -0.39 is 5.91 Å². The van der Waals surface area contributed by atoms with Gasteiger partial charge in [-0.15, -0.1) is 0 Å². The third kappa shape index (κ3) is 4.63. The number of hydrogen-bond donors (Lipinski definition) is 3. The van der Waals surface area contributed by atoms with Gasteiger partial charge in [0.15, 0.2) is 17.3 Å². The molecule has 35 heavy (non-hydrogen) atoms. The number of likely N-dealkylation sites (tertiary alicyclic amines) is 1. The summed E-state index contributed by atoms with van der Waals surface area (Å²) in [6.45, 7) is 7.89. The van der Waals surface area contributed by atoms with Gasteiger partial charge in [0.25, 0.3) is 11.8 Å². The number of pyridine rings is 1. The smallest absolute Gasteiger partial charge is 0.269 e. The third-order valence-corrected chi connectivity index (χ3v) is 6.05. The topological polar surface area (TPSA) is 149 Å². The fraction of sp³-hybridized carbons (Fsp3) is 0.240. The number of nitrogens with two attached hydrogens (primary N) is 2. The molecule has 1 fully saturated rings. The fourth-order valence-electron chi connectivity index (χ4n) is 4.25. The summed E-state index contributed by atoms with van der Waals surface area (Å²) in [6, 6.07) is 9.91. The summed E-state index contributed by atoms with van der Waals surface area (Å²) in [5, 5.41) is 2.76. The van der Waals surface area contributed by atoms with E-state index in [9.17, 15) is 14.4 Å². The zero-order valence-corrected chi connectivity index (χ0v) is 19.6. The molecule has 2 amide bonds. The summed E-state index contributed by atoms with van der Waals surface area (Å²) in [5.74, 6) is 5.95. The van der Waals surface area contributed by atoms with E-state index in [0.717, 1.165) is 12.0 Å². The van der Waals surface area contributed by atoms with Crippen molar-refractivity contribution in [3.8, 4) is 11.3 Å². The average molecular weight is 474 g/mol. The van der Waals surface area contributed by atoms with Crippen molar-refractivity contribution in [2.75, 3.05) is 17.7 Å². The van der Waals surface area contributed by atoms with Crippen LogP contribution >= 0.6 is 0 Å². The van der Waals surface area contributed by atoms with Crippen LogP contribution in [0.15, 0.2) is 54.9 Å². The quantitative estimate of drug-likeness (QED) is 0.353. The highest BCUT2D eigenvalue weighted by molar-refractivity contribution is 6.04. The van der Waals surface area contributed by atoms with Crippen LogP contribution in [0.2, 0.25) is 0 Å². The average Bonchev–Trinajstić information content (AvgIpc) is 3.43. The van der Waals surface area contributed by atoms with E-state index in [1.165, 1.54) is 11.6 Å². The van der Waals surface area contributed by atoms with Gasteiger partial charge in [-0.05, 0) is 49.6 Å². The Morgan fingerprint density at radius 2 is 1.89 bits per heavy atom. The minimum atomic E-state index is -0.733. The zero-order valence-electron chi connectivity index (χ0n) is 19.6. The number of rotatable bonds is 7. The van der Waals surface area contributed by atoms with Gasteiger partial charge >= 0.3 is 0 Å². The van der Waals surface area contributed by atoms with Gasteiger partial charge in [-0.2, -0.15) is 0 Å². The van der Waals surface area contributed by atoms with E-state index in [4.69, 9.17) is 11.6 Å². The first-order valence-electron chi connectivity index (χ1n) is 11.2. The van der Waals surface area contributed by atoms with Gasteiger partial charge in [-0.25, -0.2) is 14.6 Å². The highest BCUT2D eigenvalue weighted by atomic mass is 16.2. The lowest BCUT2D eigenvalue weighted by Crippen LogP contribution is -2.30. The number of aryl methyl sites for hydroxylation is 1. The van der Waals surface area contributed by atoms with E-state index in [0.29, 0.717) is 47.1 Å². The second-order valence-corrected chi connectivity index (χ2v) is 8.51. The number of carbonyl (C=O) groups excluding carboxylic acids is 3. The standard InChI is InChI=1S/C25H27N7O3/c1-14-10-11-28-20(13-14)29-25(35)18-8-6-17(7-9-18)21-22(23(26)34)32(27)24(30-21)19-5-4-12-31(19)15(2)16(3)33/h6-11,13,19H,2,4-5,12,27H2,1,3H3,(H2,26,34)(H,28,29,35)/t19-/m0/s1. The number of Topliss-reactive ketones (excluding diaryl/α,β-unsaturated/α-hetero) is 1. The fourth-order valence-corrected chi connectivity index (χ4v) is 4.25. The lowest BCUT2D eigenvalue weighted by atomic mass is 10.1. The number of amides is 2. The van der Waals surface area contributed by atoms with Gasteiger partial charge in [0.1, 0.15) is 11.5 Å². The molecule has 1 atom stereocenters. The van der Waals surface area contributed by atoms with Crippen molar-refractivity contribution in [2.45, 2.75) is 32.7 Å². The van der Waals surface area contributed by atoms with Crippen molar-refractivity contribution in [1.29, 1.82) is 0 Å². The molecule has 4 rings (SSSR count). The summed E-state index contributed by atoms with van der Waals surface area (Å²) in [7, 11) is 0. The minimum absolute atomic E-state index is 0.0430. The molecule has 0 bridgehead atoms. The number of nitrogens with zero attached hydrogens (tertiary/aromatic N) is 4. The Balaban J connectivity index is 1.64. The van der Waals surface area contributed by atoms with Crippen LogP contribution in [0.4, 0.5) is 5.82 Å². The van der Waals surface area contributed by atoms with Gasteiger partial charge in [0, 0.05) is 30.8 Å². The molecular weight excluding hydrogens is 446 g/mol. The molecular formula is C25H27N7O3. The Labute approximate surface area is 202 Å². The van der Waals surface area contributed by atoms with Crippen LogP contribution in [-0.2, 0) is 4.79 Å². The molecule has 180 valence electrons. The molecule has 0 radical (unpaired) electrons. The summed E-state index contributed by atoms with van der Waals surface area (Å²) in [6.07, 6.45) is 3.15. The highest BCUT2D eigenvalue weighted by Gasteiger charge is 2.34. The van der Waals surface area contributed by atoms with Gasteiger partial charge in [-0.1, -0.05) is 18.7 Å². The maximum Gasteiger partial charge on any atom is 0.269 e. The SMILES string of the molecule is C=C(C(C)=O)N1CCC[C@H]1c1nc(-c2ccc(C(=O)Nc3cc(C)ccn3)cc2)c(C(N)=O)n1N. The van der Waals surface area contributed by atoms with E-state index in [1.807, 2.05) is 17.9 Å². The van der Waals surface area contributed by atoms with Crippen molar-refractivity contribution < 1.29 is 14.4 Å². The highest BCUT2D eigenvalue weighted by Crippen LogP contribution is 2.36. The molecule has 0 saturated carbocycles. The number of nitrogen functional groups attached to an aromatic ring is 1. The summed E-state index contributed by atoms with van der Waals surface area (Å²) < 4.78 is 1.19. The first-order chi connectivity index (χ1) is 16.7. The Morgan fingerprint density at radius 3 is 2.51 bits per heavy atom. The summed E-state index contributed by atoms with van der Waals surface area (Å²) in [5.41, 5.74) is 8.33. The maximum absolute atomic E-state index is 12.6. The minimum Gasteiger partial charge on any atom is -0.364 e. The van der Waals surface area contributed by atoms with Crippen LogP contribution in [0.3, 0.4) is 0 Å². The van der Waals surface area contributed by atoms with Crippen LogP contribution in [-0.4, -0.2) is 43.7 Å². The van der Waals surface area contributed by atoms with E-state index in [2.05, 4.69) is 21.9 Å². The monoisotopic (exact) mass is 473 g/mol. The molecule has 1 aromatic carbocycles. The molecule has 2 aromatic heterocycles. The number of carbonyl (C=O) groups is 3. The molecule has 3 aromatic rings. The van der Waals surface area contributed by atoms with Crippen LogP contribution in [0.1, 0.15) is 58.0 Å². The maximum atomic E-state index is 12.6. The first kappa shape index (κ1) is 23.7. The van der Waals surface area contributed by atoms with Crippen LogP contribution in [0.5, 0.6) is 0 Å². The molecule has 1 saturated heterocycles. The Hall–Kier alpha value is -4.47. The Bertz CT molecular complexity index is 1330. The molecule has 0 aliphatic carbocycles. The summed E-state index contributed by atoms with van der Waals surface area (Å²) in [4.78, 5) is 47.5. The molecule has 1 aliphatic heterocycles. The third-order valence-electron chi connectivity index (χ3n) is 6.05. The number of aromatic nitrogens is 3. The molecule has 5 N–H and O–H groups in total. The number of ketones is 1. The van der Waals surface area contributed by atoms with Crippen molar-refractivity contribution in [3.05, 3.63) is 77.5 Å². The molecule has 3 heterocycles. The molecule has 10 heteroatoms. The molecule has 10 nitrogen and oxygen atoms in total. The second-order valence-electron chi connectivity index (χ2n) is 8.51. The normalized spacial score (nSPS) is 15.1. The second kappa shape index (κ2) is 9.41. The summed E-state index contributed by atoms with van der Waals surface area (Å²) >= 11 is 0. The van der Waals surface area contributed by atoms with Gasteiger partial charge in [-0.3, -0.25) is 14.4 Å². The number of nitrogens with one attached hydrogen (secondary N) is 1.